The van der Waals surface area contributed by atoms with E-state index in [0.29, 0.717) is 13.2 Å². The third-order valence-electron chi connectivity index (χ3n) is 3.94. The number of benzene rings is 2. The summed E-state index contributed by atoms with van der Waals surface area (Å²) in [6, 6.07) is 17.5. The van der Waals surface area contributed by atoms with Crippen LogP contribution in [0.2, 0.25) is 0 Å². The fourth-order valence-corrected chi connectivity index (χ4v) is 2.77. The standard InChI is InChI=1S/C19H21N3O3/c20-25-13-19(23)22-18(12-24-11-14-6-2-1-3-7-14)16-10-21-17-9-5-4-8-15(16)17/h1-10,18,21H,11-13,20H2,(H,22,23). The molecule has 0 bridgehead atoms. The van der Waals surface area contributed by atoms with Crippen LogP contribution >= 0.6 is 0 Å². The molecule has 130 valence electrons. The van der Waals surface area contributed by atoms with Gasteiger partial charge in [0.15, 0.2) is 0 Å². The van der Waals surface area contributed by atoms with Crippen molar-refractivity contribution in [2.45, 2.75) is 12.6 Å². The van der Waals surface area contributed by atoms with Crippen molar-refractivity contribution in [1.29, 1.82) is 0 Å². The van der Waals surface area contributed by atoms with Gasteiger partial charge in [0.05, 0.1) is 19.3 Å². The Morgan fingerprint density at radius 1 is 1.12 bits per heavy atom. The van der Waals surface area contributed by atoms with Crippen LogP contribution in [0.15, 0.2) is 60.8 Å². The maximum absolute atomic E-state index is 11.9. The Bertz CT molecular complexity index is 817. The average Bonchev–Trinajstić information content (AvgIpc) is 3.06. The van der Waals surface area contributed by atoms with Gasteiger partial charge in [-0.15, -0.1) is 0 Å². The van der Waals surface area contributed by atoms with Gasteiger partial charge in [-0.3, -0.25) is 9.63 Å². The molecule has 4 N–H and O–H groups in total. The summed E-state index contributed by atoms with van der Waals surface area (Å²) >= 11 is 0. The smallest absolute Gasteiger partial charge is 0.248 e. The highest BCUT2D eigenvalue weighted by atomic mass is 16.6. The van der Waals surface area contributed by atoms with E-state index in [2.05, 4.69) is 15.1 Å². The largest absolute Gasteiger partial charge is 0.374 e. The van der Waals surface area contributed by atoms with Gasteiger partial charge in [-0.2, -0.15) is 0 Å². The normalized spacial score (nSPS) is 12.2. The van der Waals surface area contributed by atoms with Crippen LogP contribution < -0.4 is 11.2 Å². The summed E-state index contributed by atoms with van der Waals surface area (Å²) in [5, 5.41) is 3.96. The molecular formula is C19H21N3O3. The SMILES string of the molecule is NOCC(=O)NC(COCc1ccccc1)c1c[nH]c2ccccc12. The summed E-state index contributed by atoms with van der Waals surface area (Å²) in [6.45, 7) is 0.619. The van der Waals surface area contributed by atoms with Gasteiger partial charge < -0.3 is 15.0 Å². The van der Waals surface area contributed by atoms with Crippen LogP contribution in [0.5, 0.6) is 0 Å². The molecule has 1 unspecified atom stereocenters. The first kappa shape index (κ1) is 17.2. The Kier molecular flexibility index (Phi) is 5.79. The summed E-state index contributed by atoms with van der Waals surface area (Å²) in [7, 11) is 0. The fraction of sp³-hybridized carbons (Fsp3) is 0.211. The second-order valence-corrected chi connectivity index (χ2v) is 5.72. The molecule has 0 spiro atoms. The lowest BCUT2D eigenvalue weighted by Crippen LogP contribution is -2.34. The van der Waals surface area contributed by atoms with Crippen molar-refractivity contribution in [3.63, 3.8) is 0 Å². The van der Waals surface area contributed by atoms with Gasteiger partial charge in [0.2, 0.25) is 5.91 Å². The highest BCUT2D eigenvalue weighted by Crippen LogP contribution is 2.24. The number of carbonyl (C=O) groups is 1. The number of carbonyl (C=O) groups excluding carboxylic acids is 1. The first-order valence-electron chi connectivity index (χ1n) is 8.06. The van der Waals surface area contributed by atoms with Crippen molar-refractivity contribution in [2.75, 3.05) is 13.2 Å². The molecule has 6 heteroatoms. The fourth-order valence-electron chi connectivity index (χ4n) is 2.77. The number of amides is 1. The minimum Gasteiger partial charge on any atom is -0.374 e. The molecule has 0 aliphatic carbocycles. The van der Waals surface area contributed by atoms with E-state index in [1.807, 2.05) is 60.8 Å². The van der Waals surface area contributed by atoms with Crippen LogP contribution in [0.1, 0.15) is 17.2 Å². The molecule has 3 aromatic rings. The first-order valence-corrected chi connectivity index (χ1v) is 8.06. The van der Waals surface area contributed by atoms with Gasteiger partial charge in [0, 0.05) is 22.7 Å². The highest BCUT2D eigenvalue weighted by Gasteiger charge is 2.18. The second kappa shape index (κ2) is 8.43. The molecule has 0 saturated heterocycles. The van der Waals surface area contributed by atoms with E-state index >= 15 is 0 Å². The molecule has 0 aliphatic rings. The number of para-hydroxylation sites is 1. The van der Waals surface area contributed by atoms with Crippen molar-refractivity contribution in [3.8, 4) is 0 Å². The number of nitrogens with two attached hydrogens (primary N) is 1. The van der Waals surface area contributed by atoms with Crippen LogP contribution in [0.4, 0.5) is 0 Å². The summed E-state index contributed by atoms with van der Waals surface area (Å²) in [6.07, 6.45) is 1.89. The number of aromatic nitrogens is 1. The maximum atomic E-state index is 11.9. The molecule has 2 aromatic carbocycles. The molecule has 1 heterocycles. The van der Waals surface area contributed by atoms with Gasteiger partial charge in [-0.05, 0) is 11.6 Å². The Labute approximate surface area is 145 Å². The van der Waals surface area contributed by atoms with Gasteiger partial charge in [0.25, 0.3) is 0 Å². The molecule has 0 aliphatic heterocycles. The summed E-state index contributed by atoms with van der Waals surface area (Å²) < 4.78 is 5.83. The molecule has 1 atom stereocenters. The van der Waals surface area contributed by atoms with E-state index in [0.717, 1.165) is 22.0 Å². The van der Waals surface area contributed by atoms with Gasteiger partial charge in [0.1, 0.15) is 6.61 Å². The van der Waals surface area contributed by atoms with Crippen molar-refractivity contribution in [1.82, 2.24) is 10.3 Å². The highest BCUT2D eigenvalue weighted by molar-refractivity contribution is 5.85. The topological polar surface area (TPSA) is 89.4 Å². The number of hydrogen-bond donors (Lipinski definition) is 3. The molecule has 6 nitrogen and oxygen atoms in total. The quantitative estimate of drug-likeness (QED) is 0.550. The molecule has 0 fully saturated rings. The van der Waals surface area contributed by atoms with E-state index in [1.54, 1.807) is 0 Å². The van der Waals surface area contributed by atoms with Crippen molar-refractivity contribution < 1.29 is 14.4 Å². The minimum absolute atomic E-state index is 0.197. The summed E-state index contributed by atoms with van der Waals surface area (Å²) in [4.78, 5) is 19.6. The Hall–Kier alpha value is -2.67. The molecular weight excluding hydrogens is 318 g/mol. The first-order chi connectivity index (χ1) is 12.3. The molecule has 1 aromatic heterocycles. The molecule has 0 saturated carbocycles. The number of fused-ring (bicyclic) bond motifs is 1. The Morgan fingerprint density at radius 2 is 1.88 bits per heavy atom. The zero-order valence-corrected chi connectivity index (χ0v) is 13.8. The van der Waals surface area contributed by atoms with Gasteiger partial charge in [-0.1, -0.05) is 48.5 Å². The maximum Gasteiger partial charge on any atom is 0.248 e. The second-order valence-electron chi connectivity index (χ2n) is 5.72. The number of rotatable bonds is 8. The monoisotopic (exact) mass is 339 g/mol. The lowest BCUT2D eigenvalue weighted by molar-refractivity contribution is -0.127. The van der Waals surface area contributed by atoms with E-state index < -0.39 is 0 Å². The van der Waals surface area contributed by atoms with E-state index in [9.17, 15) is 4.79 Å². The predicted octanol–water partition coefficient (Wildman–Crippen LogP) is 2.43. The Morgan fingerprint density at radius 3 is 2.68 bits per heavy atom. The van der Waals surface area contributed by atoms with Crippen LogP contribution in [-0.4, -0.2) is 24.1 Å². The van der Waals surface area contributed by atoms with Crippen LogP contribution in [0.3, 0.4) is 0 Å². The van der Waals surface area contributed by atoms with Crippen LogP contribution in [0.25, 0.3) is 10.9 Å². The van der Waals surface area contributed by atoms with Gasteiger partial charge in [-0.25, -0.2) is 5.90 Å². The van der Waals surface area contributed by atoms with E-state index in [1.165, 1.54) is 0 Å². The van der Waals surface area contributed by atoms with E-state index in [-0.39, 0.29) is 18.6 Å². The van der Waals surface area contributed by atoms with Crippen molar-refractivity contribution in [2.24, 2.45) is 5.90 Å². The Balaban J connectivity index is 1.74. The number of aromatic amines is 1. The third-order valence-corrected chi connectivity index (χ3v) is 3.94. The van der Waals surface area contributed by atoms with Crippen LogP contribution in [-0.2, 0) is 21.0 Å². The average molecular weight is 339 g/mol. The molecule has 3 rings (SSSR count). The summed E-state index contributed by atoms with van der Waals surface area (Å²) in [5.74, 6) is 4.70. The molecule has 1 amide bonds. The number of nitrogens with one attached hydrogen (secondary N) is 2. The number of hydrogen-bond acceptors (Lipinski definition) is 4. The van der Waals surface area contributed by atoms with Crippen molar-refractivity contribution >= 4 is 16.8 Å². The zero-order chi connectivity index (χ0) is 17.5. The van der Waals surface area contributed by atoms with Crippen molar-refractivity contribution in [3.05, 3.63) is 71.9 Å². The predicted molar refractivity (Wildman–Crippen MR) is 95.4 cm³/mol. The zero-order valence-electron chi connectivity index (χ0n) is 13.8. The van der Waals surface area contributed by atoms with Gasteiger partial charge >= 0.3 is 0 Å². The van der Waals surface area contributed by atoms with Crippen LogP contribution in [0, 0.1) is 0 Å². The summed E-state index contributed by atoms with van der Waals surface area (Å²) in [5.41, 5.74) is 3.06. The molecule has 25 heavy (non-hydrogen) atoms. The lowest BCUT2D eigenvalue weighted by Gasteiger charge is -2.18. The lowest BCUT2D eigenvalue weighted by atomic mass is 10.1. The third kappa shape index (κ3) is 4.45. The van der Waals surface area contributed by atoms with E-state index in [4.69, 9.17) is 10.6 Å². The number of H-pyrrole nitrogens is 1. The minimum atomic E-state index is -0.303. The molecule has 0 radical (unpaired) electrons. The number of ether oxygens (including phenoxy) is 1.